The second-order valence-electron chi connectivity index (χ2n) is 9.31. The van der Waals surface area contributed by atoms with E-state index in [4.69, 9.17) is 26.4 Å². The number of rotatable bonds is 7. The zero-order valence-corrected chi connectivity index (χ0v) is 22.5. The third kappa shape index (κ3) is 5.11. The summed E-state index contributed by atoms with van der Waals surface area (Å²) in [6, 6.07) is 35.5. The van der Waals surface area contributed by atoms with Crippen LogP contribution in [0.5, 0.6) is 5.75 Å². The van der Waals surface area contributed by atoms with Crippen LogP contribution in [0, 0.1) is 11.3 Å². The number of allylic oxidation sites excluding steroid dienone is 1. The van der Waals surface area contributed by atoms with Crippen LogP contribution >= 0.6 is 11.6 Å². The van der Waals surface area contributed by atoms with Gasteiger partial charge in [0.1, 0.15) is 18.4 Å². The van der Waals surface area contributed by atoms with E-state index in [1.54, 1.807) is 0 Å². The third-order valence-corrected chi connectivity index (χ3v) is 6.91. The number of halogens is 1. The SMILES string of the molecule is Cn1c(/C(C#N)=C\c2cn(-c3ccccc3)nc2-c2ccc(OCc3ccc(Cl)cc3)cc2)nc2ccccc21. The second-order valence-corrected chi connectivity index (χ2v) is 9.74. The summed E-state index contributed by atoms with van der Waals surface area (Å²) in [6.07, 6.45) is 3.80. The zero-order chi connectivity index (χ0) is 27.5. The lowest BCUT2D eigenvalue weighted by Crippen LogP contribution is -1.96. The fourth-order valence-corrected chi connectivity index (χ4v) is 4.70. The van der Waals surface area contributed by atoms with Crippen LogP contribution in [0.4, 0.5) is 0 Å². The van der Waals surface area contributed by atoms with Crippen molar-refractivity contribution in [1.82, 2.24) is 19.3 Å². The molecule has 6 nitrogen and oxygen atoms in total. The summed E-state index contributed by atoms with van der Waals surface area (Å²) in [5.74, 6) is 1.35. The summed E-state index contributed by atoms with van der Waals surface area (Å²) in [6.45, 7) is 0.441. The molecule has 7 heteroatoms. The molecule has 0 fully saturated rings. The second kappa shape index (κ2) is 10.9. The maximum Gasteiger partial charge on any atom is 0.151 e. The number of nitrogens with zero attached hydrogens (tertiary/aromatic N) is 5. The number of para-hydroxylation sites is 3. The third-order valence-electron chi connectivity index (χ3n) is 6.66. The van der Waals surface area contributed by atoms with Gasteiger partial charge in [-0.05, 0) is 72.3 Å². The van der Waals surface area contributed by atoms with E-state index in [1.807, 2.05) is 132 Å². The highest BCUT2D eigenvalue weighted by Crippen LogP contribution is 2.30. The van der Waals surface area contributed by atoms with Gasteiger partial charge in [-0.15, -0.1) is 0 Å². The average Bonchev–Trinajstić information content (AvgIpc) is 3.57. The van der Waals surface area contributed by atoms with E-state index in [2.05, 4.69) is 6.07 Å². The summed E-state index contributed by atoms with van der Waals surface area (Å²) in [4.78, 5) is 4.73. The van der Waals surface area contributed by atoms with Gasteiger partial charge in [0.15, 0.2) is 5.82 Å². The predicted octanol–water partition coefficient (Wildman–Crippen LogP) is 7.72. The Hall–Kier alpha value is -5.12. The predicted molar refractivity (Wildman–Crippen MR) is 159 cm³/mol. The number of aromatic nitrogens is 4. The lowest BCUT2D eigenvalue weighted by Gasteiger charge is -2.07. The van der Waals surface area contributed by atoms with Gasteiger partial charge in [0.25, 0.3) is 0 Å². The molecule has 2 heterocycles. The molecule has 6 aromatic rings. The average molecular weight is 542 g/mol. The normalized spacial score (nSPS) is 11.5. The Labute approximate surface area is 237 Å². The Bertz CT molecular complexity index is 1860. The van der Waals surface area contributed by atoms with E-state index in [1.165, 1.54) is 0 Å². The van der Waals surface area contributed by atoms with Gasteiger partial charge in [-0.2, -0.15) is 10.4 Å². The number of ether oxygens (including phenoxy) is 1. The molecule has 0 atom stereocenters. The van der Waals surface area contributed by atoms with Crippen LogP contribution in [0.15, 0.2) is 109 Å². The molecule has 0 saturated heterocycles. The van der Waals surface area contributed by atoms with Gasteiger partial charge in [0.05, 0.1) is 28.0 Å². The van der Waals surface area contributed by atoms with Crippen LogP contribution in [-0.4, -0.2) is 19.3 Å². The number of imidazole rings is 1. The molecular formula is C33H24ClN5O. The molecule has 0 N–H and O–H groups in total. The van der Waals surface area contributed by atoms with Gasteiger partial charge in [-0.25, -0.2) is 9.67 Å². The molecule has 0 spiro atoms. The maximum absolute atomic E-state index is 10.2. The summed E-state index contributed by atoms with van der Waals surface area (Å²) in [7, 11) is 1.92. The van der Waals surface area contributed by atoms with Gasteiger partial charge in [-0.1, -0.05) is 54.1 Å². The first-order valence-corrected chi connectivity index (χ1v) is 13.1. The largest absolute Gasteiger partial charge is 0.489 e. The van der Waals surface area contributed by atoms with Crippen molar-refractivity contribution in [2.24, 2.45) is 7.05 Å². The summed E-state index contributed by atoms with van der Waals surface area (Å²) in [5.41, 5.74) is 6.68. The minimum absolute atomic E-state index is 0.441. The fraction of sp³-hybridized carbons (Fsp3) is 0.0606. The minimum Gasteiger partial charge on any atom is -0.489 e. The van der Waals surface area contributed by atoms with E-state index in [0.717, 1.165) is 44.9 Å². The Morgan fingerprint density at radius 2 is 1.65 bits per heavy atom. The molecule has 0 bridgehead atoms. The Morgan fingerprint density at radius 3 is 2.38 bits per heavy atom. The number of fused-ring (bicyclic) bond motifs is 1. The zero-order valence-electron chi connectivity index (χ0n) is 21.7. The number of benzene rings is 4. The summed E-state index contributed by atoms with van der Waals surface area (Å²) >= 11 is 5.98. The van der Waals surface area contributed by atoms with Crippen LogP contribution in [0.1, 0.15) is 17.0 Å². The Balaban J connectivity index is 1.37. The van der Waals surface area contributed by atoms with Crippen LogP contribution < -0.4 is 4.74 Å². The van der Waals surface area contributed by atoms with Gasteiger partial charge in [0, 0.05) is 29.4 Å². The van der Waals surface area contributed by atoms with E-state index in [9.17, 15) is 5.26 Å². The van der Waals surface area contributed by atoms with E-state index >= 15 is 0 Å². The number of nitriles is 1. The minimum atomic E-state index is 0.441. The van der Waals surface area contributed by atoms with Crippen molar-refractivity contribution in [2.75, 3.05) is 0 Å². The van der Waals surface area contributed by atoms with Gasteiger partial charge in [0.2, 0.25) is 0 Å². The Morgan fingerprint density at radius 1 is 0.925 bits per heavy atom. The van der Waals surface area contributed by atoms with Crippen LogP contribution in [0.2, 0.25) is 5.02 Å². The smallest absolute Gasteiger partial charge is 0.151 e. The quantitative estimate of drug-likeness (QED) is 0.194. The first-order chi connectivity index (χ1) is 19.6. The van der Waals surface area contributed by atoms with Crippen molar-refractivity contribution in [3.8, 4) is 28.8 Å². The van der Waals surface area contributed by atoms with E-state index in [0.29, 0.717) is 23.0 Å². The lowest BCUT2D eigenvalue weighted by atomic mass is 10.1. The maximum atomic E-state index is 10.2. The molecule has 0 amide bonds. The molecule has 40 heavy (non-hydrogen) atoms. The van der Waals surface area contributed by atoms with Crippen LogP contribution in [0.3, 0.4) is 0 Å². The number of hydrogen-bond donors (Lipinski definition) is 0. The van der Waals surface area contributed by atoms with Gasteiger partial charge >= 0.3 is 0 Å². The molecule has 0 saturated carbocycles. The van der Waals surface area contributed by atoms with Gasteiger partial charge in [-0.3, -0.25) is 0 Å². The molecule has 0 aliphatic carbocycles. The number of aryl methyl sites for hydroxylation is 1. The monoisotopic (exact) mass is 541 g/mol. The molecule has 0 aliphatic heterocycles. The van der Waals surface area contributed by atoms with E-state index in [-0.39, 0.29) is 0 Å². The molecule has 0 unspecified atom stereocenters. The topological polar surface area (TPSA) is 68.7 Å². The standard InChI is InChI=1S/C33H24ClN5O/c1-38-31-10-6-5-9-30(31)36-33(38)25(20-35)19-26-21-39(28-7-3-2-4-8-28)37-32(26)24-13-17-29(18-14-24)40-22-23-11-15-27(34)16-12-23/h2-19,21H,22H2,1H3/b25-19-. The number of hydrogen-bond acceptors (Lipinski definition) is 4. The first-order valence-electron chi connectivity index (χ1n) is 12.8. The van der Waals surface area contributed by atoms with Gasteiger partial charge < -0.3 is 9.30 Å². The highest BCUT2D eigenvalue weighted by molar-refractivity contribution is 6.30. The van der Waals surface area contributed by atoms with Crippen molar-refractivity contribution < 1.29 is 4.74 Å². The first kappa shape index (κ1) is 25.2. The highest BCUT2D eigenvalue weighted by Gasteiger charge is 2.16. The summed E-state index contributed by atoms with van der Waals surface area (Å²) in [5, 5.41) is 15.8. The molecular weight excluding hydrogens is 518 g/mol. The summed E-state index contributed by atoms with van der Waals surface area (Å²) < 4.78 is 9.75. The molecule has 0 aliphatic rings. The van der Waals surface area contributed by atoms with Crippen molar-refractivity contribution in [3.05, 3.63) is 131 Å². The van der Waals surface area contributed by atoms with Crippen molar-refractivity contribution in [1.29, 1.82) is 5.26 Å². The van der Waals surface area contributed by atoms with Crippen LogP contribution in [-0.2, 0) is 13.7 Å². The Kier molecular flexibility index (Phi) is 6.88. The molecule has 0 radical (unpaired) electrons. The van der Waals surface area contributed by atoms with Crippen molar-refractivity contribution in [3.63, 3.8) is 0 Å². The molecule has 2 aromatic heterocycles. The molecule has 6 rings (SSSR count). The molecule has 4 aromatic carbocycles. The van der Waals surface area contributed by atoms with E-state index < -0.39 is 0 Å². The lowest BCUT2D eigenvalue weighted by molar-refractivity contribution is 0.306. The fourth-order valence-electron chi connectivity index (χ4n) is 4.58. The van der Waals surface area contributed by atoms with Crippen LogP contribution in [0.25, 0.3) is 39.6 Å². The van der Waals surface area contributed by atoms with Crippen molar-refractivity contribution in [2.45, 2.75) is 6.61 Å². The molecule has 194 valence electrons. The van der Waals surface area contributed by atoms with Crippen molar-refractivity contribution >= 4 is 34.3 Å². The highest BCUT2D eigenvalue weighted by atomic mass is 35.5.